The maximum atomic E-state index is 10.9. The summed E-state index contributed by atoms with van der Waals surface area (Å²) in [6.45, 7) is 0.580. The van der Waals surface area contributed by atoms with E-state index in [2.05, 4.69) is 5.32 Å². The Balaban J connectivity index is 3.16. The van der Waals surface area contributed by atoms with E-state index in [0.717, 1.165) is 0 Å². The standard InChI is InChI=1S/C12H13NO4/c1-13-6-2-3-8-7-9(11(14)15)4-5-10(8)12(16)17/h2-5,7,13H,6H2,1H3,(H,14,15)(H,16,17). The molecule has 0 amide bonds. The monoisotopic (exact) mass is 235 g/mol. The molecule has 3 N–H and O–H groups in total. The average Bonchev–Trinajstić information content (AvgIpc) is 2.28. The van der Waals surface area contributed by atoms with E-state index in [9.17, 15) is 9.59 Å². The fourth-order valence-electron chi connectivity index (χ4n) is 1.33. The molecule has 0 aliphatic heterocycles. The van der Waals surface area contributed by atoms with Crippen LogP contribution >= 0.6 is 0 Å². The van der Waals surface area contributed by atoms with Crippen molar-refractivity contribution in [3.63, 3.8) is 0 Å². The number of nitrogens with one attached hydrogen (secondary N) is 1. The Labute approximate surface area is 98.4 Å². The van der Waals surface area contributed by atoms with E-state index in [1.165, 1.54) is 18.2 Å². The number of hydrogen-bond acceptors (Lipinski definition) is 3. The van der Waals surface area contributed by atoms with Crippen LogP contribution in [-0.2, 0) is 0 Å². The van der Waals surface area contributed by atoms with Crippen LogP contribution in [0.5, 0.6) is 0 Å². The second-order valence-electron chi connectivity index (χ2n) is 3.37. The van der Waals surface area contributed by atoms with Crippen molar-refractivity contribution in [2.45, 2.75) is 0 Å². The van der Waals surface area contributed by atoms with Crippen molar-refractivity contribution in [2.75, 3.05) is 13.6 Å². The van der Waals surface area contributed by atoms with Crippen LogP contribution in [-0.4, -0.2) is 35.7 Å². The van der Waals surface area contributed by atoms with E-state index in [1.54, 1.807) is 19.2 Å². The van der Waals surface area contributed by atoms with Crippen molar-refractivity contribution in [3.05, 3.63) is 41.0 Å². The number of carboxylic acid groups (broad SMARTS) is 2. The minimum Gasteiger partial charge on any atom is -0.478 e. The molecular weight excluding hydrogens is 222 g/mol. The van der Waals surface area contributed by atoms with Gasteiger partial charge in [-0.05, 0) is 30.8 Å². The van der Waals surface area contributed by atoms with Crippen LogP contribution in [0.25, 0.3) is 6.08 Å². The molecule has 0 atom stereocenters. The molecule has 1 aromatic carbocycles. The Morgan fingerprint density at radius 3 is 2.53 bits per heavy atom. The van der Waals surface area contributed by atoms with Crippen molar-refractivity contribution in [1.82, 2.24) is 5.32 Å². The van der Waals surface area contributed by atoms with E-state index in [1.807, 2.05) is 0 Å². The molecule has 0 bridgehead atoms. The van der Waals surface area contributed by atoms with E-state index >= 15 is 0 Å². The Bertz CT molecular complexity index is 466. The normalized spacial score (nSPS) is 10.6. The maximum Gasteiger partial charge on any atom is 0.336 e. The summed E-state index contributed by atoms with van der Waals surface area (Å²) in [5, 5.41) is 20.7. The molecule has 0 aliphatic carbocycles. The predicted molar refractivity (Wildman–Crippen MR) is 63.3 cm³/mol. The highest BCUT2D eigenvalue weighted by molar-refractivity contribution is 5.95. The van der Waals surface area contributed by atoms with Gasteiger partial charge in [0.2, 0.25) is 0 Å². The Kier molecular flexibility index (Phi) is 4.42. The lowest BCUT2D eigenvalue weighted by Gasteiger charge is -2.03. The first-order valence-electron chi connectivity index (χ1n) is 4.98. The lowest BCUT2D eigenvalue weighted by atomic mass is 10.0. The Hall–Kier alpha value is -2.14. The Morgan fingerprint density at radius 1 is 1.29 bits per heavy atom. The van der Waals surface area contributed by atoms with Crippen LogP contribution in [0.4, 0.5) is 0 Å². The van der Waals surface area contributed by atoms with Gasteiger partial charge in [-0.1, -0.05) is 12.2 Å². The van der Waals surface area contributed by atoms with Crippen LogP contribution in [0.3, 0.4) is 0 Å². The zero-order chi connectivity index (χ0) is 12.8. The average molecular weight is 235 g/mol. The van der Waals surface area contributed by atoms with Gasteiger partial charge in [0.15, 0.2) is 0 Å². The molecule has 5 nitrogen and oxygen atoms in total. The van der Waals surface area contributed by atoms with Gasteiger partial charge in [0.25, 0.3) is 0 Å². The molecule has 90 valence electrons. The molecule has 0 aromatic heterocycles. The first-order valence-corrected chi connectivity index (χ1v) is 4.98. The fourth-order valence-corrected chi connectivity index (χ4v) is 1.33. The quantitative estimate of drug-likeness (QED) is 0.716. The largest absolute Gasteiger partial charge is 0.478 e. The minimum atomic E-state index is -1.08. The van der Waals surface area contributed by atoms with E-state index in [-0.39, 0.29) is 11.1 Å². The minimum absolute atomic E-state index is 0.0686. The number of carbonyl (C=O) groups is 2. The van der Waals surface area contributed by atoms with Gasteiger partial charge >= 0.3 is 11.9 Å². The molecule has 0 saturated carbocycles. The topological polar surface area (TPSA) is 86.6 Å². The van der Waals surface area contributed by atoms with Crippen molar-refractivity contribution >= 4 is 18.0 Å². The maximum absolute atomic E-state index is 10.9. The third kappa shape index (κ3) is 3.42. The van der Waals surface area contributed by atoms with Gasteiger partial charge in [-0.2, -0.15) is 0 Å². The highest BCUT2D eigenvalue weighted by Crippen LogP contribution is 2.14. The first-order chi connectivity index (χ1) is 8.06. The number of benzene rings is 1. The molecule has 0 radical (unpaired) electrons. The molecule has 17 heavy (non-hydrogen) atoms. The van der Waals surface area contributed by atoms with Gasteiger partial charge in [0.05, 0.1) is 11.1 Å². The number of rotatable bonds is 5. The summed E-state index contributed by atoms with van der Waals surface area (Å²) in [6.07, 6.45) is 3.32. The smallest absolute Gasteiger partial charge is 0.336 e. The highest BCUT2D eigenvalue weighted by atomic mass is 16.4. The van der Waals surface area contributed by atoms with Gasteiger partial charge in [-0.3, -0.25) is 0 Å². The lowest BCUT2D eigenvalue weighted by molar-refractivity contribution is 0.0681. The van der Waals surface area contributed by atoms with Crippen LogP contribution in [0.15, 0.2) is 24.3 Å². The van der Waals surface area contributed by atoms with Crippen LogP contribution in [0.1, 0.15) is 26.3 Å². The lowest BCUT2D eigenvalue weighted by Crippen LogP contribution is -2.05. The van der Waals surface area contributed by atoms with Gasteiger partial charge in [-0.25, -0.2) is 9.59 Å². The zero-order valence-corrected chi connectivity index (χ0v) is 9.30. The third-order valence-electron chi connectivity index (χ3n) is 2.15. The second-order valence-corrected chi connectivity index (χ2v) is 3.37. The molecule has 0 fully saturated rings. The zero-order valence-electron chi connectivity index (χ0n) is 9.30. The summed E-state index contributed by atoms with van der Waals surface area (Å²) in [5.74, 6) is -2.16. The van der Waals surface area contributed by atoms with E-state index < -0.39 is 11.9 Å². The molecule has 1 aromatic rings. The van der Waals surface area contributed by atoms with Crippen molar-refractivity contribution < 1.29 is 19.8 Å². The third-order valence-corrected chi connectivity index (χ3v) is 2.15. The molecule has 0 heterocycles. The highest BCUT2D eigenvalue weighted by Gasteiger charge is 2.11. The molecular formula is C12H13NO4. The molecule has 0 unspecified atom stereocenters. The molecule has 5 heteroatoms. The number of aromatic carboxylic acids is 2. The molecule has 0 saturated heterocycles. The summed E-state index contributed by atoms with van der Waals surface area (Å²) < 4.78 is 0. The van der Waals surface area contributed by atoms with Gasteiger partial charge < -0.3 is 15.5 Å². The van der Waals surface area contributed by atoms with Gasteiger partial charge in [0.1, 0.15) is 0 Å². The predicted octanol–water partition coefficient (Wildman–Crippen LogP) is 1.32. The van der Waals surface area contributed by atoms with Gasteiger partial charge in [-0.15, -0.1) is 0 Å². The van der Waals surface area contributed by atoms with E-state index in [0.29, 0.717) is 12.1 Å². The van der Waals surface area contributed by atoms with Crippen LogP contribution in [0, 0.1) is 0 Å². The first kappa shape index (κ1) is 12.9. The van der Waals surface area contributed by atoms with Crippen molar-refractivity contribution in [1.29, 1.82) is 0 Å². The number of hydrogen-bond donors (Lipinski definition) is 3. The summed E-state index contributed by atoms with van der Waals surface area (Å²) in [7, 11) is 1.76. The molecule has 0 spiro atoms. The number of carboxylic acids is 2. The summed E-state index contributed by atoms with van der Waals surface area (Å²) >= 11 is 0. The summed E-state index contributed by atoms with van der Waals surface area (Å²) in [5.41, 5.74) is 0.536. The Morgan fingerprint density at radius 2 is 2.00 bits per heavy atom. The van der Waals surface area contributed by atoms with Crippen molar-refractivity contribution in [2.24, 2.45) is 0 Å². The summed E-state index contributed by atoms with van der Waals surface area (Å²) in [6, 6.07) is 3.92. The SMILES string of the molecule is CNCC=Cc1cc(C(=O)O)ccc1C(=O)O. The second kappa shape index (κ2) is 5.81. The van der Waals surface area contributed by atoms with Crippen molar-refractivity contribution in [3.8, 4) is 0 Å². The number of likely N-dealkylation sites (N-methyl/N-ethyl adjacent to an activating group) is 1. The van der Waals surface area contributed by atoms with Crippen LogP contribution in [0.2, 0.25) is 0 Å². The summed E-state index contributed by atoms with van der Waals surface area (Å²) in [4.78, 5) is 21.7. The van der Waals surface area contributed by atoms with Crippen LogP contribution < -0.4 is 5.32 Å². The van der Waals surface area contributed by atoms with E-state index in [4.69, 9.17) is 10.2 Å². The molecule has 1 rings (SSSR count). The van der Waals surface area contributed by atoms with Gasteiger partial charge in [0, 0.05) is 6.54 Å². The molecule has 0 aliphatic rings. The fraction of sp³-hybridized carbons (Fsp3) is 0.167.